The van der Waals surface area contributed by atoms with E-state index in [9.17, 15) is 4.79 Å². The molecular weight excluding hydrogens is 276 g/mol. The van der Waals surface area contributed by atoms with Crippen LogP contribution >= 0.6 is 0 Å². The Labute approximate surface area is 131 Å². The largest absolute Gasteiger partial charge is 0.466 e. The van der Waals surface area contributed by atoms with E-state index in [4.69, 9.17) is 4.74 Å². The Morgan fingerprint density at radius 2 is 2.00 bits per heavy atom. The molecule has 0 atom stereocenters. The van der Waals surface area contributed by atoms with Gasteiger partial charge in [0.15, 0.2) is 0 Å². The summed E-state index contributed by atoms with van der Waals surface area (Å²) in [6.07, 6.45) is 1.81. The standard InChI is InChI=1S/C18H24N2O2/c1-3-22-18(21)14-8-10-20(11-9-14)13-16-12-15-6-4-5-7-17(15)19(16)2/h4-7,12,14H,3,8-11,13H2,1-2H3. The van der Waals surface area contributed by atoms with E-state index in [0.717, 1.165) is 32.5 Å². The lowest BCUT2D eigenvalue weighted by molar-refractivity contribution is -0.149. The fourth-order valence-electron chi connectivity index (χ4n) is 3.31. The quantitative estimate of drug-likeness (QED) is 0.814. The number of likely N-dealkylation sites (tertiary alicyclic amines) is 1. The second-order valence-corrected chi connectivity index (χ2v) is 6.06. The highest BCUT2D eigenvalue weighted by molar-refractivity contribution is 5.81. The molecular formula is C18H24N2O2. The van der Waals surface area contributed by atoms with Gasteiger partial charge in [-0.05, 0) is 50.4 Å². The van der Waals surface area contributed by atoms with Crippen LogP contribution in [0.5, 0.6) is 0 Å². The molecule has 0 bridgehead atoms. The van der Waals surface area contributed by atoms with Gasteiger partial charge in [0.05, 0.1) is 12.5 Å². The molecule has 22 heavy (non-hydrogen) atoms. The van der Waals surface area contributed by atoms with Crippen LogP contribution < -0.4 is 0 Å². The molecule has 0 N–H and O–H groups in total. The van der Waals surface area contributed by atoms with Gasteiger partial charge in [-0.3, -0.25) is 9.69 Å². The number of esters is 1. The summed E-state index contributed by atoms with van der Waals surface area (Å²) in [5, 5.41) is 1.29. The van der Waals surface area contributed by atoms with Crippen LogP contribution in [0, 0.1) is 5.92 Å². The Hall–Kier alpha value is -1.81. The number of carbonyl (C=O) groups is 1. The van der Waals surface area contributed by atoms with E-state index in [2.05, 4.69) is 46.8 Å². The van der Waals surface area contributed by atoms with Crippen LogP contribution in [0.15, 0.2) is 30.3 Å². The molecule has 0 saturated carbocycles. The molecule has 1 fully saturated rings. The van der Waals surface area contributed by atoms with Gasteiger partial charge in [0.2, 0.25) is 0 Å². The van der Waals surface area contributed by atoms with Crippen LogP contribution in [0.4, 0.5) is 0 Å². The SMILES string of the molecule is CCOC(=O)C1CCN(Cc2cc3ccccc3n2C)CC1. The first-order chi connectivity index (χ1) is 10.7. The van der Waals surface area contributed by atoms with Crippen molar-refractivity contribution in [3.63, 3.8) is 0 Å². The van der Waals surface area contributed by atoms with Gasteiger partial charge >= 0.3 is 5.97 Å². The van der Waals surface area contributed by atoms with E-state index < -0.39 is 0 Å². The Morgan fingerprint density at radius 1 is 1.27 bits per heavy atom. The zero-order valence-corrected chi connectivity index (χ0v) is 13.4. The number of hydrogen-bond donors (Lipinski definition) is 0. The normalized spacial score (nSPS) is 17.0. The fourth-order valence-corrected chi connectivity index (χ4v) is 3.31. The van der Waals surface area contributed by atoms with E-state index in [1.54, 1.807) is 0 Å². The van der Waals surface area contributed by atoms with Crippen molar-refractivity contribution in [1.82, 2.24) is 9.47 Å². The van der Waals surface area contributed by atoms with Crippen molar-refractivity contribution in [2.45, 2.75) is 26.3 Å². The van der Waals surface area contributed by atoms with E-state index in [0.29, 0.717) is 6.61 Å². The topological polar surface area (TPSA) is 34.5 Å². The summed E-state index contributed by atoms with van der Waals surface area (Å²) < 4.78 is 7.40. The number of nitrogens with zero attached hydrogens (tertiary/aromatic N) is 2. The Morgan fingerprint density at radius 3 is 2.68 bits per heavy atom. The molecule has 1 saturated heterocycles. The number of rotatable bonds is 4. The summed E-state index contributed by atoms with van der Waals surface area (Å²) in [6.45, 7) is 5.22. The minimum Gasteiger partial charge on any atom is -0.466 e. The Kier molecular flexibility index (Phi) is 4.48. The minimum absolute atomic E-state index is 0.0215. The van der Waals surface area contributed by atoms with Crippen LogP contribution in [0.25, 0.3) is 10.9 Å². The van der Waals surface area contributed by atoms with Gasteiger partial charge in [-0.15, -0.1) is 0 Å². The molecule has 1 aliphatic heterocycles. The predicted molar refractivity (Wildman–Crippen MR) is 87.6 cm³/mol. The molecule has 4 nitrogen and oxygen atoms in total. The van der Waals surface area contributed by atoms with Crippen molar-refractivity contribution in [3.05, 3.63) is 36.0 Å². The highest BCUT2D eigenvalue weighted by atomic mass is 16.5. The number of carbonyl (C=O) groups excluding carboxylic acids is 1. The van der Waals surface area contributed by atoms with Crippen LogP contribution in [-0.2, 0) is 23.1 Å². The first-order valence-electron chi connectivity index (χ1n) is 8.11. The van der Waals surface area contributed by atoms with Crippen molar-refractivity contribution >= 4 is 16.9 Å². The number of benzene rings is 1. The van der Waals surface area contributed by atoms with Crippen LogP contribution in [0.2, 0.25) is 0 Å². The summed E-state index contributed by atoms with van der Waals surface area (Å²) >= 11 is 0. The third kappa shape index (κ3) is 3.02. The van der Waals surface area contributed by atoms with E-state index >= 15 is 0 Å². The first-order valence-corrected chi connectivity index (χ1v) is 8.11. The van der Waals surface area contributed by atoms with E-state index in [1.165, 1.54) is 16.6 Å². The van der Waals surface area contributed by atoms with Gasteiger partial charge in [0, 0.05) is 24.8 Å². The second kappa shape index (κ2) is 6.53. The average Bonchev–Trinajstić information content (AvgIpc) is 2.85. The van der Waals surface area contributed by atoms with Crippen molar-refractivity contribution in [3.8, 4) is 0 Å². The molecule has 1 aromatic carbocycles. The predicted octanol–water partition coefficient (Wildman–Crippen LogP) is 2.95. The molecule has 0 radical (unpaired) electrons. The van der Waals surface area contributed by atoms with Crippen LogP contribution in [0.3, 0.4) is 0 Å². The molecule has 3 rings (SSSR count). The third-order valence-corrected chi connectivity index (χ3v) is 4.64. The molecule has 0 amide bonds. The number of hydrogen-bond acceptors (Lipinski definition) is 3. The van der Waals surface area contributed by atoms with Gasteiger partial charge in [0.1, 0.15) is 0 Å². The molecule has 4 heteroatoms. The molecule has 0 unspecified atom stereocenters. The van der Waals surface area contributed by atoms with E-state index in [-0.39, 0.29) is 11.9 Å². The number of fused-ring (bicyclic) bond motifs is 1. The molecule has 0 aliphatic carbocycles. The number of piperidine rings is 1. The number of aromatic nitrogens is 1. The molecule has 2 heterocycles. The van der Waals surface area contributed by atoms with Gasteiger partial charge < -0.3 is 9.30 Å². The lowest BCUT2D eigenvalue weighted by atomic mass is 9.97. The van der Waals surface area contributed by atoms with Gasteiger partial charge in [0.25, 0.3) is 0 Å². The van der Waals surface area contributed by atoms with Crippen LogP contribution in [-0.4, -0.2) is 35.1 Å². The maximum Gasteiger partial charge on any atom is 0.309 e. The Balaban J connectivity index is 1.62. The molecule has 118 valence electrons. The van der Waals surface area contributed by atoms with E-state index in [1.807, 2.05) is 6.92 Å². The number of ether oxygens (including phenoxy) is 1. The molecule has 1 aliphatic rings. The summed E-state index contributed by atoms with van der Waals surface area (Å²) in [5.74, 6) is 0.0652. The molecule has 0 spiro atoms. The molecule has 1 aromatic heterocycles. The smallest absolute Gasteiger partial charge is 0.309 e. The summed E-state index contributed by atoms with van der Waals surface area (Å²) in [4.78, 5) is 14.2. The highest BCUT2D eigenvalue weighted by Gasteiger charge is 2.26. The Bertz CT molecular complexity index is 654. The third-order valence-electron chi connectivity index (χ3n) is 4.64. The lowest BCUT2D eigenvalue weighted by Gasteiger charge is -2.30. The number of aryl methyl sites for hydroxylation is 1. The zero-order valence-electron chi connectivity index (χ0n) is 13.4. The first kappa shape index (κ1) is 15.1. The maximum absolute atomic E-state index is 11.8. The summed E-state index contributed by atoms with van der Waals surface area (Å²) in [7, 11) is 2.13. The maximum atomic E-state index is 11.8. The van der Waals surface area contributed by atoms with Gasteiger partial charge in [-0.1, -0.05) is 18.2 Å². The number of para-hydroxylation sites is 1. The lowest BCUT2D eigenvalue weighted by Crippen LogP contribution is -2.36. The summed E-state index contributed by atoms with van der Waals surface area (Å²) in [6, 6.07) is 10.7. The fraction of sp³-hybridized carbons (Fsp3) is 0.500. The monoisotopic (exact) mass is 300 g/mol. The zero-order chi connectivity index (χ0) is 15.5. The van der Waals surface area contributed by atoms with Crippen molar-refractivity contribution < 1.29 is 9.53 Å². The van der Waals surface area contributed by atoms with Gasteiger partial charge in [-0.25, -0.2) is 0 Å². The molecule has 2 aromatic rings. The average molecular weight is 300 g/mol. The van der Waals surface area contributed by atoms with Crippen LogP contribution in [0.1, 0.15) is 25.5 Å². The second-order valence-electron chi connectivity index (χ2n) is 6.06. The van der Waals surface area contributed by atoms with Gasteiger partial charge in [-0.2, -0.15) is 0 Å². The van der Waals surface area contributed by atoms with Crippen molar-refractivity contribution in [2.75, 3.05) is 19.7 Å². The van der Waals surface area contributed by atoms with Crippen molar-refractivity contribution in [1.29, 1.82) is 0 Å². The highest BCUT2D eigenvalue weighted by Crippen LogP contribution is 2.23. The summed E-state index contributed by atoms with van der Waals surface area (Å²) in [5.41, 5.74) is 2.61. The minimum atomic E-state index is -0.0215. The van der Waals surface area contributed by atoms with Crippen molar-refractivity contribution in [2.24, 2.45) is 13.0 Å².